The molecular formula is C19H27FN2O3. The lowest BCUT2D eigenvalue weighted by molar-refractivity contribution is 0.0129. The number of aliphatic hydroxyl groups excluding tert-OH is 1. The Morgan fingerprint density at radius 3 is 2.68 bits per heavy atom. The first-order chi connectivity index (χ1) is 12.1. The van der Waals surface area contributed by atoms with Crippen molar-refractivity contribution in [3.63, 3.8) is 0 Å². The molecule has 0 aromatic heterocycles. The van der Waals surface area contributed by atoms with E-state index in [2.05, 4.69) is 4.90 Å². The van der Waals surface area contributed by atoms with Gasteiger partial charge in [-0.25, -0.2) is 4.39 Å². The number of halogens is 1. The van der Waals surface area contributed by atoms with Crippen molar-refractivity contribution in [3.05, 3.63) is 35.1 Å². The first-order valence-corrected chi connectivity index (χ1v) is 9.03. The van der Waals surface area contributed by atoms with Crippen molar-refractivity contribution in [2.24, 2.45) is 11.8 Å². The van der Waals surface area contributed by atoms with Crippen molar-refractivity contribution in [2.75, 3.05) is 52.5 Å². The Balaban J connectivity index is 1.69. The maximum absolute atomic E-state index is 14.2. The zero-order valence-corrected chi connectivity index (χ0v) is 14.8. The highest BCUT2D eigenvalue weighted by molar-refractivity contribution is 5.94. The summed E-state index contributed by atoms with van der Waals surface area (Å²) in [5, 5.41) is 9.63. The van der Waals surface area contributed by atoms with Gasteiger partial charge in [-0.3, -0.25) is 9.69 Å². The normalized spacial score (nSPS) is 25.2. The molecule has 138 valence electrons. The molecule has 1 amide bonds. The second kappa shape index (κ2) is 8.25. The highest BCUT2D eigenvalue weighted by Gasteiger charge is 2.32. The van der Waals surface area contributed by atoms with Gasteiger partial charge < -0.3 is 14.7 Å². The van der Waals surface area contributed by atoms with Gasteiger partial charge in [0.25, 0.3) is 5.91 Å². The summed E-state index contributed by atoms with van der Waals surface area (Å²) in [4.78, 5) is 16.9. The molecule has 3 rings (SSSR count). The van der Waals surface area contributed by atoms with Crippen LogP contribution in [-0.4, -0.2) is 73.4 Å². The number of aryl methyl sites for hydroxylation is 1. The molecule has 2 saturated heterocycles. The van der Waals surface area contributed by atoms with E-state index in [0.717, 1.165) is 44.8 Å². The molecule has 0 saturated carbocycles. The number of amides is 1. The molecule has 0 radical (unpaired) electrons. The molecule has 5 nitrogen and oxygen atoms in total. The molecule has 1 aromatic carbocycles. The van der Waals surface area contributed by atoms with Crippen LogP contribution in [0.15, 0.2) is 18.2 Å². The summed E-state index contributed by atoms with van der Waals surface area (Å²) in [5.74, 6) is -0.401. The van der Waals surface area contributed by atoms with Gasteiger partial charge in [0.1, 0.15) is 5.82 Å². The van der Waals surface area contributed by atoms with Crippen LogP contribution in [0, 0.1) is 24.6 Å². The molecule has 2 atom stereocenters. The van der Waals surface area contributed by atoms with Crippen LogP contribution in [0.3, 0.4) is 0 Å². The standard InChI is InChI=1S/C19H27FN2O3/c1-14-2-3-17(18(20)8-14)19(24)22-11-15(9-16(12-22)13-23)10-21-4-6-25-7-5-21/h2-3,8,15-16,23H,4-7,9-13H2,1H3. The topological polar surface area (TPSA) is 53.0 Å². The second-order valence-corrected chi connectivity index (χ2v) is 7.26. The fraction of sp³-hybridized carbons (Fsp3) is 0.632. The number of aliphatic hydroxyl groups is 1. The van der Waals surface area contributed by atoms with Crippen molar-refractivity contribution in [2.45, 2.75) is 13.3 Å². The molecular weight excluding hydrogens is 323 g/mol. The molecule has 1 N–H and O–H groups in total. The smallest absolute Gasteiger partial charge is 0.256 e. The van der Waals surface area contributed by atoms with E-state index in [1.54, 1.807) is 24.0 Å². The lowest BCUT2D eigenvalue weighted by Crippen LogP contribution is -2.49. The van der Waals surface area contributed by atoms with Crippen molar-refractivity contribution < 1.29 is 19.0 Å². The molecule has 6 heteroatoms. The van der Waals surface area contributed by atoms with Crippen molar-refractivity contribution in [1.82, 2.24) is 9.80 Å². The van der Waals surface area contributed by atoms with Crippen LogP contribution in [-0.2, 0) is 4.74 Å². The lowest BCUT2D eigenvalue weighted by atomic mass is 9.88. The van der Waals surface area contributed by atoms with E-state index >= 15 is 0 Å². The van der Waals surface area contributed by atoms with E-state index in [9.17, 15) is 14.3 Å². The number of rotatable bonds is 4. The quantitative estimate of drug-likeness (QED) is 0.895. The van der Waals surface area contributed by atoms with E-state index in [0.29, 0.717) is 19.0 Å². The molecule has 2 unspecified atom stereocenters. The zero-order chi connectivity index (χ0) is 17.8. The average Bonchev–Trinajstić information content (AvgIpc) is 2.62. The van der Waals surface area contributed by atoms with Crippen molar-refractivity contribution >= 4 is 5.91 Å². The fourth-order valence-electron chi connectivity index (χ4n) is 3.86. The molecule has 0 aliphatic carbocycles. The van der Waals surface area contributed by atoms with E-state index < -0.39 is 5.82 Å². The Morgan fingerprint density at radius 1 is 1.28 bits per heavy atom. The highest BCUT2D eigenvalue weighted by atomic mass is 19.1. The minimum absolute atomic E-state index is 0.0530. The summed E-state index contributed by atoms with van der Waals surface area (Å²) in [6.07, 6.45) is 0.897. The molecule has 2 aliphatic rings. The van der Waals surface area contributed by atoms with E-state index in [4.69, 9.17) is 4.74 Å². The summed E-state index contributed by atoms with van der Waals surface area (Å²) < 4.78 is 19.6. The SMILES string of the molecule is Cc1ccc(C(=O)N2CC(CO)CC(CN3CCOCC3)C2)c(F)c1. The highest BCUT2D eigenvalue weighted by Crippen LogP contribution is 2.25. The Kier molecular flexibility index (Phi) is 6.04. The van der Waals surface area contributed by atoms with Crippen LogP contribution >= 0.6 is 0 Å². The van der Waals surface area contributed by atoms with Crippen LogP contribution in [0.2, 0.25) is 0 Å². The van der Waals surface area contributed by atoms with E-state index in [-0.39, 0.29) is 24.0 Å². The first-order valence-electron chi connectivity index (χ1n) is 9.03. The molecule has 25 heavy (non-hydrogen) atoms. The summed E-state index contributed by atoms with van der Waals surface area (Å²) in [7, 11) is 0. The van der Waals surface area contributed by atoms with Crippen molar-refractivity contribution in [1.29, 1.82) is 0 Å². The Hall–Kier alpha value is -1.50. The van der Waals surface area contributed by atoms with Gasteiger partial charge in [0, 0.05) is 39.3 Å². The molecule has 0 bridgehead atoms. The molecule has 0 spiro atoms. The van der Waals surface area contributed by atoms with Crippen LogP contribution < -0.4 is 0 Å². The van der Waals surface area contributed by atoms with Gasteiger partial charge >= 0.3 is 0 Å². The van der Waals surface area contributed by atoms with Crippen molar-refractivity contribution in [3.8, 4) is 0 Å². The number of carbonyl (C=O) groups excluding carboxylic acids is 1. The number of benzene rings is 1. The van der Waals surface area contributed by atoms with Gasteiger partial charge in [-0.05, 0) is 42.9 Å². The Morgan fingerprint density at radius 2 is 2.00 bits per heavy atom. The van der Waals surface area contributed by atoms with Gasteiger partial charge in [-0.2, -0.15) is 0 Å². The third kappa shape index (κ3) is 4.57. The van der Waals surface area contributed by atoms with Gasteiger partial charge in [-0.1, -0.05) is 6.07 Å². The first kappa shape index (κ1) is 18.3. The average molecular weight is 350 g/mol. The summed E-state index contributed by atoms with van der Waals surface area (Å²) in [5.41, 5.74) is 0.917. The number of carbonyl (C=O) groups is 1. The van der Waals surface area contributed by atoms with Crippen LogP contribution in [0.5, 0.6) is 0 Å². The van der Waals surface area contributed by atoms with Gasteiger partial charge in [0.15, 0.2) is 0 Å². The number of morpholine rings is 1. The predicted molar refractivity (Wildman–Crippen MR) is 93.0 cm³/mol. The number of hydrogen-bond donors (Lipinski definition) is 1. The van der Waals surface area contributed by atoms with Gasteiger partial charge in [0.2, 0.25) is 0 Å². The third-order valence-corrected chi connectivity index (χ3v) is 5.14. The lowest BCUT2D eigenvalue weighted by Gasteiger charge is -2.40. The largest absolute Gasteiger partial charge is 0.396 e. The maximum atomic E-state index is 14.2. The molecule has 2 fully saturated rings. The third-order valence-electron chi connectivity index (χ3n) is 5.14. The van der Waals surface area contributed by atoms with Gasteiger partial charge in [0.05, 0.1) is 18.8 Å². The number of nitrogens with zero attached hydrogens (tertiary/aromatic N) is 2. The number of likely N-dealkylation sites (tertiary alicyclic amines) is 1. The number of hydrogen-bond acceptors (Lipinski definition) is 4. The van der Waals surface area contributed by atoms with Crippen LogP contribution in [0.1, 0.15) is 22.3 Å². The zero-order valence-electron chi connectivity index (χ0n) is 14.8. The Labute approximate surface area is 148 Å². The maximum Gasteiger partial charge on any atom is 0.256 e. The summed E-state index contributed by atoms with van der Waals surface area (Å²) >= 11 is 0. The van der Waals surface area contributed by atoms with E-state index in [1.807, 2.05) is 0 Å². The molecule has 2 aliphatic heterocycles. The van der Waals surface area contributed by atoms with Gasteiger partial charge in [-0.15, -0.1) is 0 Å². The monoisotopic (exact) mass is 350 g/mol. The minimum atomic E-state index is -0.471. The Bertz CT molecular complexity index is 604. The summed E-state index contributed by atoms with van der Waals surface area (Å²) in [6, 6.07) is 4.72. The molecule has 1 aromatic rings. The second-order valence-electron chi connectivity index (χ2n) is 7.26. The fourth-order valence-corrected chi connectivity index (χ4v) is 3.86. The summed E-state index contributed by atoms with van der Waals surface area (Å²) in [6.45, 7) is 7.14. The minimum Gasteiger partial charge on any atom is -0.396 e. The number of piperidine rings is 1. The van der Waals surface area contributed by atoms with Crippen LogP contribution in [0.25, 0.3) is 0 Å². The van der Waals surface area contributed by atoms with E-state index in [1.165, 1.54) is 6.07 Å². The van der Waals surface area contributed by atoms with Crippen LogP contribution in [0.4, 0.5) is 4.39 Å². The predicted octanol–water partition coefficient (Wildman–Crippen LogP) is 1.54. The number of ether oxygens (including phenoxy) is 1. The molecule has 2 heterocycles.